The van der Waals surface area contributed by atoms with E-state index in [2.05, 4.69) is 5.10 Å². The molecular weight excluding hydrogens is 424 g/mol. The zero-order valence-electron chi connectivity index (χ0n) is 17.9. The van der Waals surface area contributed by atoms with Gasteiger partial charge in [-0.2, -0.15) is 10.1 Å². The van der Waals surface area contributed by atoms with Crippen LogP contribution in [0.2, 0.25) is 0 Å². The van der Waals surface area contributed by atoms with Crippen LogP contribution in [0.25, 0.3) is 17.4 Å². The van der Waals surface area contributed by atoms with Gasteiger partial charge in [-0.3, -0.25) is 4.79 Å². The second-order valence-corrected chi connectivity index (χ2v) is 7.22. The number of carboxylic acids is 1. The fourth-order valence-corrected chi connectivity index (χ4v) is 3.34. The molecule has 0 aliphatic carbocycles. The Kier molecular flexibility index (Phi) is 5.91. The molecule has 8 heteroatoms. The number of carbonyl (C=O) groups is 3. The quantitative estimate of drug-likeness (QED) is 0.439. The molecule has 1 aliphatic rings. The predicted octanol–water partition coefficient (Wildman–Crippen LogP) is 4.63. The van der Waals surface area contributed by atoms with E-state index in [4.69, 9.17) is 14.3 Å². The van der Waals surface area contributed by atoms with E-state index in [9.17, 15) is 14.4 Å². The molecular formula is C25H20N2O6. The van der Waals surface area contributed by atoms with Gasteiger partial charge in [0.25, 0.3) is 5.91 Å². The molecule has 2 heterocycles. The van der Waals surface area contributed by atoms with Gasteiger partial charge in [0.15, 0.2) is 0 Å². The maximum atomic E-state index is 13.0. The molecule has 1 aliphatic heterocycles. The first-order valence-electron chi connectivity index (χ1n) is 10.2. The molecule has 0 saturated heterocycles. The van der Waals surface area contributed by atoms with Gasteiger partial charge in [0.05, 0.1) is 34.7 Å². The first-order chi connectivity index (χ1) is 15.9. The molecule has 3 aromatic rings. The lowest BCUT2D eigenvalue weighted by Crippen LogP contribution is -2.21. The van der Waals surface area contributed by atoms with Gasteiger partial charge in [-0.25, -0.2) is 9.59 Å². The summed E-state index contributed by atoms with van der Waals surface area (Å²) in [5.41, 5.74) is 2.54. The summed E-state index contributed by atoms with van der Waals surface area (Å²) in [7, 11) is 0. The lowest BCUT2D eigenvalue weighted by molar-refractivity contribution is -0.114. The molecule has 33 heavy (non-hydrogen) atoms. The molecule has 1 aromatic heterocycles. The van der Waals surface area contributed by atoms with Crippen LogP contribution in [0.15, 0.2) is 75.8 Å². The Labute approximate surface area is 189 Å². The molecule has 8 nitrogen and oxygen atoms in total. The maximum Gasteiger partial charge on any atom is 0.338 e. The Morgan fingerprint density at radius 3 is 2.55 bits per heavy atom. The number of hydrogen-bond acceptors (Lipinski definition) is 6. The molecule has 0 atom stereocenters. The summed E-state index contributed by atoms with van der Waals surface area (Å²) in [5, 5.41) is 14.6. The molecule has 0 unspecified atom stereocenters. The summed E-state index contributed by atoms with van der Waals surface area (Å²) in [6, 6.07) is 16.3. The molecule has 0 saturated carbocycles. The number of carbonyl (C=O) groups excluding carboxylic acids is 2. The first kappa shape index (κ1) is 21.8. The van der Waals surface area contributed by atoms with Crippen molar-refractivity contribution in [3.63, 3.8) is 0 Å². The number of amides is 1. The zero-order chi connectivity index (χ0) is 23.5. The molecule has 4 rings (SSSR count). The monoisotopic (exact) mass is 444 g/mol. The van der Waals surface area contributed by atoms with E-state index in [-0.39, 0.29) is 18.1 Å². The number of rotatable bonds is 6. The summed E-state index contributed by atoms with van der Waals surface area (Å²) in [5.74, 6) is -0.831. The summed E-state index contributed by atoms with van der Waals surface area (Å²) in [4.78, 5) is 36.1. The highest BCUT2D eigenvalue weighted by molar-refractivity contribution is 6.32. The molecule has 1 amide bonds. The molecule has 166 valence electrons. The Balaban J connectivity index is 1.57. The number of anilines is 1. The maximum absolute atomic E-state index is 13.0. The van der Waals surface area contributed by atoms with E-state index in [1.807, 2.05) is 0 Å². The minimum atomic E-state index is -1.00. The molecule has 0 spiro atoms. The van der Waals surface area contributed by atoms with Crippen molar-refractivity contribution in [3.05, 3.63) is 83.1 Å². The minimum Gasteiger partial charge on any atom is -0.478 e. The number of nitrogens with zero attached hydrogens (tertiary/aromatic N) is 2. The van der Waals surface area contributed by atoms with Crippen LogP contribution in [0, 0.1) is 0 Å². The van der Waals surface area contributed by atoms with E-state index in [1.54, 1.807) is 68.5 Å². The van der Waals surface area contributed by atoms with Crippen molar-refractivity contribution >= 4 is 35.3 Å². The van der Waals surface area contributed by atoms with Crippen LogP contribution >= 0.6 is 0 Å². The smallest absolute Gasteiger partial charge is 0.338 e. The van der Waals surface area contributed by atoms with Gasteiger partial charge in [0, 0.05) is 5.56 Å². The van der Waals surface area contributed by atoms with E-state index in [0.717, 1.165) is 0 Å². The van der Waals surface area contributed by atoms with Crippen LogP contribution in [0.5, 0.6) is 0 Å². The third-order valence-corrected chi connectivity index (χ3v) is 4.99. The highest BCUT2D eigenvalue weighted by atomic mass is 16.5. The lowest BCUT2D eigenvalue weighted by atomic mass is 10.1. The Morgan fingerprint density at radius 1 is 1.09 bits per heavy atom. The number of hydrogen-bond donors (Lipinski definition) is 1. The van der Waals surface area contributed by atoms with Crippen molar-refractivity contribution < 1.29 is 28.6 Å². The summed E-state index contributed by atoms with van der Waals surface area (Å²) in [6.07, 6.45) is 1.60. The molecule has 0 radical (unpaired) electrons. The number of hydrazone groups is 1. The Morgan fingerprint density at radius 2 is 1.85 bits per heavy atom. The SMILES string of the molecule is CCOC(=O)c1cccc(N2N=C(C)/C(=C/c3ccc(-c4ccc(C(=O)O)cc4)o3)C2=O)c1. The summed E-state index contributed by atoms with van der Waals surface area (Å²) in [6.45, 7) is 3.69. The van der Waals surface area contributed by atoms with Gasteiger partial charge in [0.1, 0.15) is 11.5 Å². The van der Waals surface area contributed by atoms with Crippen LogP contribution in [0.3, 0.4) is 0 Å². The van der Waals surface area contributed by atoms with Crippen molar-refractivity contribution in [1.82, 2.24) is 0 Å². The number of ether oxygens (including phenoxy) is 1. The Bertz CT molecular complexity index is 1300. The third kappa shape index (κ3) is 4.45. The van der Waals surface area contributed by atoms with E-state index >= 15 is 0 Å². The third-order valence-electron chi connectivity index (χ3n) is 4.99. The van der Waals surface area contributed by atoms with Crippen LogP contribution < -0.4 is 5.01 Å². The molecule has 2 aromatic carbocycles. The second kappa shape index (κ2) is 8.96. The highest BCUT2D eigenvalue weighted by Gasteiger charge is 2.29. The fourth-order valence-electron chi connectivity index (χ4n) is 3.34. The highest BCUT2D eigenvalue weighted by Crippen LogP contribution is 2.28. The molecule has 0 bridgehead atoms. The summed E-state index contributed by atoms with van der Waals surface area (Å²) >= 11 is 0. The van der Waals surface area contributed by atoms with Crippen molar-refractivity contribution in [2.75, 3.05) is 11.6 Å². The average molecular weight is 444 g/mol. The van der Waals surface area contributed by atoms with E-state index in [0.29, 0.717) is 39.6 Å². The Hall–Kier alpha value is -4.46. The van der Waals surface area contributed by atoms with E-state index < -0.39 is 11.9 Å². The van der Waals surface area contributed by atoms with Crippen LogP contribution in [0.1, 0.15) is 40.3 Å². The first-order valence-corrected chi connectivity index (χ1v) is 10.2. The van der Waals surface area contributed by atoms with Crippen LogP contribution in [-0.4, -0.2) is 35.3 Å². The largest absolute Gasteiger partial charge is 0.478 e. The number of esters is 1. The van der Waals surface area contributed by atoms with Gasteiger partial charge in [-0.1, -0.05) is 18.2 Å². The zero-order valence-corrected chi connectivity index (χ0v) is 17.9. The number of carboxylic acid groups (broad SMARTS) is 1. The van der Waals surface area contributed by atoms with Gasteiger partial charge in [0.2, 0.25) is 0 Å². The number of aromatic carboxylic acids is 1. The topological polar surface area (TPSA) is 109 Å². The van der Waals surface area contributed by atoms with Gasteiger partial charge in [-0.05, 0) is 62.4 Å². The van der Waals surface area contributed by atoms with Crippen LogP contribution in [-0.2, 0) is 9.53 Å². The molecule has 0 fully saturated rings. The number of furan rings is 1. The average Bonchev–Trinajstić information content (AvgIpc) is 3.40. The van der Waals surface area contributed by atoms with Crippen molar-refractivity contribution in [3.8, 4) is 11.3 Å². The van der Waals surface area contributed by atoms with Gasteiger partial charge in [-0.15, -0.1) is 0 Å². The van der Waals surface area contributed by atoms with Gasteiger partial charge >= 0.3 is 11.9 Å². The van der Waals surface area contributed by atoms with Crippen molar-refractivity contribution in [2.24, 2.45) is 5.10 Å². The number of benzene rings is 2. The lowest BCUT2D eigenvalue weighted by Gasteiger charge is -2.12. The summed E-state index contributed by atoms with van der Waals surface area (Å²) < 4.78 is 10.9. The molecule has 1 N–H and O–H groups in total. The fraction of sp³-hybridized carbons (Fsp3) is 0.120. The normalized spacial score (nSPS) is 14.5. The standard InChI is InChI=1S/C25H20N2O6/c1-3-32-25(31)18-5-4-6-19(13-18)27-23(28)21(15(2)26-27)14-20-11-12-22(33-20)16-7-9-17(10-8-16)24(29)30/h4-14H,3H2,1-2H3,(H,29,30)/b21-14-. The minimum absolute atomic E-state index is 0.183. The van der Waals surface area contributed by atoms with E-state index in [1.165, 1.54) is 17.1 Å². The predicted molar refractivity (Wildman–Crippen MR) is 122 cm³/mol. The van der Waals surface area contributed by atoms with Crippen molar-refractivity contribution in [2.45, 2.75) is 13.8 Å². The van der Waals surface area contributed by atoms with Crippen molar-refractivity contribution in [1.29, 1.82) is 0 Å². The second-order valence-electron chi connectivity index (χ2n) is 7.22. The van der Waals surface area contributed by atoms with Gasteiger partial charge < -0.3 is 14.3 Å². The van der Waals surface area contributed by atoms with Crippen LogP contribution in [0.4, 0.5) is 5.69 Å².